The van der Waals surface area contributed by atoms with E-state index >= 15 is 0 Å². The number of aryl methyl sites for hydroxylation is 1. The predicted octanol–water partition coefficient (Wildman–Crippen LogP) is 5.86. The Kier molecular flexibility index (Phi) is 3.96. The van der Waals surface area contributed by atoms with Crippen LogP contribution in [0.3, 0.4) is 0 Å². The SMILES string of the molecule is Cc1cc(-c2ccccc2)c2oc3ccc(B4OC(C)(C)C(C)(C)O4)cc3c2c1. The van der Waals surface area contributed by atoms with Crippen LogP contribution in [-0.2, 0) is 9.31 Å². The Morgan fingerprint density at radius 1 is 0.759 bits per heavy atom. The van der Waals surface area contributed by atoms with Crippen LogP contribution in [0.5, 0.6) is 0 Å². The molecule has 3 nitrogen and oxygen atoms in total. The predicted molar refractivity (Wildman–Crippen MR) is 120 cm³/mol. The van der Waals surface area contributed by atoms with Gasteiger partial charge in [-0.2, -0.15) is 0 Å². The van der Waals surface area contributed by atoms with Crippen molar-refractivity contribution >= 4 is 34.5 Å². The van der Waals surface area contributed by atoms with E-state index in [4.69, 9.17) is 13.7 Å². The van der Waals surface area contributed by atoms with Gasteiger partial charge in [-0.25, -0.2) is 0 Å². The lowest BCUT2D eigenvalue weighted by Crippen LogP contribution is -2.41. The molecule has 1 aromatic heterocycles. The molecule has 0 unspecified atom stereocenters. The van der Waals surface area contributed by atoms with E-state index in [9.17, 15) is 0 Å². The summed E-state index contributed by atoms with van der Waals surface area (Å²) in [5.41, 5.74) is 5.58. The topological polar surface area (TPSA) is 31.6 Å². The van der Waals surface area contributed by atoms with Crippen LogP contribution < -0.4 is 5.46 Å². The number of hydrogen-bond acceptors (Lipinski definition) is 3. The average molecular weight is 384 g/mol. The van der Waals surface area contributed by atoms with Gasteiger partial charge < -0.3 is 13.7 Å². The zero-order chi connectivity index (χ0) is 20.4. The molecular formula is C25H25BO3. The van der Waals surface area contributed by atoms with Gasteiger partial charge in [0.2, 0.25) is 0 Å². The lowest BCUT2D eigenvalue weighted by Gasteiger charge is -2.32. The van der Waals surface area contributed by atoms with Gasteiger partial charge in [0.1, 0.15) is 11.2 Å². The van der Waals surface area contributed by atoms with Crippen LogP contribution in [0.15, 0.2) is 65.1 Å². The first-order chi connectivity index (χ1) is 13.7. The van der Waals surface area contributed by atoms with E-state index in [-0.39, 0.29) is 18.3 Å². The Morgan fingerprint density at radius 2 is 1.45 bits per heavy atom. The van der Waals surface area contributed by atoms with Crippen LogP contribution in [0, 0.1) is 6.92 Å². The van der Waals surface area contributed by atoms with E-state index in [1.165, 1.54) is 5.56 Å². The lowest BCUT2D eigenvalue weighted by molar-refractivity contribution is 0.00578. The van der Waals surface area contributed by atoms with Crippen molar-refractivity contribution in [3.63, 3.8) is 0 Å². The Bertz CT molecular complexity index is 1210. The molecule has 0 spiro atoms. The number of hydrogen-bond donors (Lipinski definition) is 0. The van der Waals surface area contributed by atoms with Gasteiger partial charge >= 0.3 is 7.12 Å². The van der Waals surface area contributed by atoms with Crippen LogP contribution in [0.4, 0.5) is 0 Å². The Hall–Kier alpha value is -2.56. The highest BCUT2D eigenvalue weighted by Crippen LogP contribution is 2.39. The largest absolute Gasteiger partial charge is 0.494 e. The Labute approximate surface area is 171 Å². The fraction of sp³-hybridized carbons (Fsp3) is 0.280. The molecule has 1 aliphatic rings. The quantitative estimate of drug-likeness (QED) is 0.406. The first-order valence-corrected chi connectivity index (χ1v) is 10.1. The molecule has 4 aromatic rings. The van der Waals surface area contributed by atoms with Gasteiger partial charge in [-0.05, 0) is 69.4 Å². The summed E-state index contributed by atoms with van der Waals surface area (Å²) in [5, 5.41) is 2.21. The van der Waals surface area contributed by atoms with Crippen molar-refractivity contribution in [3.8, 4) is 11.1 Å². The van der Waals surface area contributed by atoms with Crippen LogP contribution in [-0.4, -0.2) is 18.3 Å². The molecule has 0 bridgehead atoms. The average Bonchev–Trinajstić information content (AvgIpc) is 3.15. The number of furan rings is 1. The zero-order valence-electron chi connectivity index (χ0n) is 17.6. The third-order valence-electron chi connectivity index (χ3n) is 6.35. The van der Waals surface area contributed by atoms with Crippen molar-refractivity contribution in [1.29, 1.82) is 0 Å². The van der Waals surface area contributed by atoms with Crippen molar-refractivity contribution in [3.05, 3.63) is 66.2 Å². The molecular weight excluding hydrogens is 359 g/mol. The molecule has 0 aliphatic carbocycles. The van der Waals surface area contributed by atoms with Crippen molar-refractivity contribution in [2.45, 2.75) is 45.8 Å². The highest BCUT2D eigenvalue weighted by atomic mass is 16.7. The normalized spacial score (nSPS) is 18.0. The summed E-state index contributed by atoms with van der Waals surface area (Å²) in [6.07, 6.45) is 0. The number of fused-ring (bicyclic) bond motifs is 3. The van der Waals surface area contributed by atoms with E-state index < -0.39 is 0 Å². The fourth-order valence-corrected chi connectivity index (χ4v) is 4.00. The minimum Gasteiger partial charge on any atom is -0.455 e. The van der Waals surface area contributed by atoms with Crippen LogP contribution >= 0.6 is 0 Å². The minimum atomic E-state index is -0.382. The minimum absolute atomic E-state index is 0.359. The summed E-state index contributed by atoms with van der Waals surface area (Å²) in [4.78, 5) is 0. The van der Waals surface area contributed by atoms with Gasteiger partial charge in [0.25, 0.3) is 0 Å². The molecule has 0 atom stereocenters. The van der Waals surface area contributed by atoms with Gasteiger partial charge in [-0.15, -0.1) is 0 Å². The summed E-state index contributed by atoms with van der Waals surface area (Å²) < 4.78 is 18.8. The first-order valence-electron chi connectivity index (χ1n) is 10.1. The van der Waals surface area contributed by atoms with Gasteiger partial charge in [0, 0.05) is 16.3 Å². The van der Waals surface area contributed by atoms with E-state index in [1.54, 1.807) is 0 Å². The third kappa shape index (κ3) is 2.90. The molecule has 1 saturated heterocycles. The maximum Gasteiger partial charge on any atom is 0.494 e. The molecule has 146 valence electrons. The highest BCUT2D eigenvalue weighted by Gasteiger charge is 2.51. The van der Waals surface area contributed by atoms with Crippen LogP contribution in [0.1, 0.15) is 33.3 Å². The zero-order valence-corrected chi connectivity index (χ0v) is 17.6. The van der Waals surface area contributed by atoms with Crippen molar-refractivity contribution in [2.75, 3.05) is 0 Å². The van der Waals surface area contributed by atoms with Gasteiger partial charge in [0.05, 0.1) is 11.2 Å². The molecule has 29 heavy (non-hydrogen) atoms. The highest BCUT2D eigenvalue weighted by molar-refractivity contribution is 6.62. The molecule has 0 saturated carbocycles. The van der Waals surface area contributed by atoms with Gasteiger partial charge in [-0.3, -0.25) is 0 Å². The number of rotatable bonds is 2. The van der Waals surface area contributed by atoms with E-state index in [1.807, 2.05) is 18.2 Å². The second-order valence-corrected chi connectivity index (χ2v) is 9.00. The number of benzene rings is 3. The maximum atomic E-state index is 6.31. The first kappa shape index (κ1) is 18.5. The molecule has 1 aliphatic heterocycles. The summed E-state index contributed by atoms with van der Waals surface area (Å²) >= 11 is 0. The van der Waals surface area contributed by atoms with Crippen LogP contribution in [0.25, 0.3) is 33.1 Å². The van der Waals surface area contributed by atoms with Crippen LogP contribution in [0.2, 0.25) is 0 Å². The monoisotopic (exact) mass is 384 g/mol. The van der Waals surface area contributed by atoms with Crippen molar-refractivity contribution < 1.29 is 13.7 Å². The molecule has 4 heteroatoms. The standard InChI is InChI=1S/C25H25BO3/c1-16-13-19(17-9-7-6-8-10-17)23-21(14-16)20-15-18(11-12-22(20)27-23)26-28-24(2,3)25(4,5)29-26/h6-15H,1-5H3. The van der Waals surface area contributed by atoms with E-state index in [0.717, 1.165) is 38.5 Å². The Morgan fingerprint density at radius 3 is 2.14 bits per heavy atom. The molecule has 1 fully saturated rings. The maximum absolute atomic E-state index is 6.31. The fourth-order valence-electron chi connectivity index (χ4n) is 4.00. The Balaban J connectivity index is 1.68. The second kappa shape index (κ2) is 6.22. The van der Waals surface area contributed by atoms with E-state index in [0.29, 0.717) is 0 Å². The third-order valence-corrected chi connectivity index (χ3v) is 6.35. The van der Waals surface area contributed by atoms with Crippen molar-refractivity contribution in [2.24, 2.45) is 0 Å². The molecule has 2 heterocycles. The van der Waals surface area contributed by atoms with Gasteiger partial charge in [-0.1, -0.05) is 42.5 Å². The lowest BCUT2D eigenvalue weighted by atomic mass is 9.78. The second-order valence-electron chi connectivity index (χ2n) is 9.00. The van der Waals surface area contributed by atoms with E-state index in [2.05, 4.69) is 77.1 Å². The summed E-state index contributed by atoms with van der Waals surface area (Å²) in [7, 11) is -0.382. The van der Waals surface area contributed by atoms with Gasteiger partial charge in [0.15, 0.2) is 0 Å². The smallest absolute Gasteiger partial charge is 0.455 e. The van der Waals surface area contributed by atoms with Crippen molar-refractivity contribution in [1.82, 2.24) is 0 Å². The molecule has 0 amide bonds. The summed E-state index contributed by atoms with van der Waals surface area (Å²) in [6.45, 7) is 10.4. The summed E-state index contributed by atoms with van der Waals surface area (Å²) in [5.74, 6) is 0. The summed E-state index contributed by atoms with van der Waals surface area (Å²) in [6, 6.07) is 21.0. The molecule has 0 N–H and O–H groups in total. The molecule has 3 aromatic carbocycles. The molecule has 0 radical (unpaired) electrons. The molecule has 5 rings (SSSR count).